The second-order valence-corrected chi connectivity index (χ2v) is 7.88. The molecule has 0 bridgehead atoms. The number of esters is 1. The van der Waals surface area contributed by atoms with Crippen LogP contribution >= 0.6 is 0 Å². The number of hydrogen-bond acceptors (Lipinski definition) is 5. The molecule has 5 nitrogen and oxygen atoms in total. The maximum absolute atomic E-state index is 14.8. The molecule has 2 aliphatic rings. The van der Waals surface area contributed by atoms with Crippen molar-refractivity contribution in [3.63, 3.8) is 0 Å². The van der Waals surface area contributed by atoms with Crippen molar-refractivity contribution in [2.75, 3.05) is 14.2 Å². The summed E-state index contributed by atoms with van der Waals surface area (Å²) in [5.74, 6) is -2.09. The first-order valence-electron chi connectivity index (χ1n) is 10.2. The lowest BCUT2D eigenvalue weighted by Gasteiger charge is -2.36. The number of Topliss-reactive ketones (excluding diaryl/α,β-unsaturated/α-hetero) is 1. The molecule has 1 heterocycles. The SMILES string of the molecule is COC(=O)C1C(C)=NC2=C(C(=O)C[C@H](c3ccccc3OC)C2)[C@@H]1c1ccccc1F. The fraction of sp³-hybridized carbons (Fsp3) is 0.320. The first kappa shape index (κ1) is 21.0. The highest BCUT2D eigenvalue weighted by molar-refractivity contribution is 6.09. The first-order chi connectivity index (χ1) is 15.0. The quantitative estimate of drug-likeness (QED) is 0.678. The van der Waals surface area contributed by atoms with E-state index in [1.54, 1.807) is 32.2 Å². The van der Waals surface area contributed by atoms with Crippen LogP contribution in [0.5, 0.6) is 5.75 Å². The van der Waals surface area contributed by atoms with E-state index in [0.717, 1.165) is 11.3 Å². The van der Waals surface area contributed by atoms with Gasteiger partial charge in [-0.25, -0.2) is 4.39 Å². The molecule has 0 radical (unpaired) electrons. The van der Waals surface area contributed by atoms with E-state index in [9.17, 15) is 14.0 Å². The summed E-state index contributed by atoms with van der Waals surface area (Å²) in [5.41, 5.74) is 2.79. The summed E-state index contributed by atoms with van der Waals surface area (Å²) in [5, 5.41) is 0. The van der Waals surface area contributed by atoms with Gasteiger partial charge in [-0.1, -0.05) is 36.4 Å². The van der Waals surface area contributed by atoms with E-state index in [1.165, 1.54) is 13.2 Å². The standard InChI is InChI=1S/C25H24FNO4/c1-14-22(25(29)31-3)23(17-9-4-6-10-18(17)26)24-19(27-14)12-15(13-20(24)28)16-8-5-7-11-21(16)30-2/h4-11,15,22-23H,12-13H2,1-3H3/t15-,22?,23-/m1/s1. The molecular weight excluding hydrogens is 397 g/mol. The number of hydrogen-bond donors (Lipinski definition) is 0. The third-order valence-corrected chi connectivity index (χ3v) is 6.16. The Balaban J connectivity index is 1.84. The van der Waals surface area contributed by atoms with E-state index in [4.69, 9.17) is 9.47 Å². The lowest BCUT2D eigenvalue weighted by molar-refractivity contribution is -0.143. The number of halogens is 1. The minimum Gasteiger partial charge on any atom is -0.496 e. The van der Waals surface area contributed by atoms with Crippen molar-refractivity contribution >= 4 is 17.5 Å². The Labute approximate surface area is 180 Å². The highest BCUT2D eigenvalue weighted by Crippen LogP contribution is 2.48. The number of allylic oxidation sites excluding steroid dienone is 2. The predicted molar refractivity (Wildman–Crippen MR) is 115 cm³/mol. The Kier molecular flexibility index (Phi) is 5.72. The second kappa shape index (κ2) is 8.46. The summed E-state index contributed by atoms with van der Waals surface area (Å²) < 4.78 is 25.3. The molecule has 6 heteroatoms. The number of para-hydroxylation sites is 1. The molecule has 3 atom stereocenters. The van der Waals surface area contributed by atoms with Gasteiger partial charge in [0.05, 0.1) is 14.2 Å². The molecule has 0 saturated heterocycles. The fourth-order valence-corrected chi connectivity index (χ4v) is 4.78. The van der Waals surface area contributed by atoms with Crippen LogP contribution in [0.1, 0.15) is 42.7 Å². The van der Waals surface area contributed by atoms with Crippen LogP contribution in [0.2, 0.25) is 0 Å². The van der Waals surface area contributed by atoms with Crippen LogP contribution in [0.4, 0.5) is 4.39 Å². The normalized spacial score (nSPS) is 23.2. The average molecular weight is 421 g/mol. The highest BCUT2D eigenvalue weighted by atomic mass is 19.1. The van der Waals surface area contributed by atoms with Crippen LogP contribution in [-0.4, -0.2) is 31.7 Å². The van der Waals surface area contributed by atoms with Crippen LogP contribution in [-0.2, 0) is 14.3 Å². The van der Waals surface area contributed by atoms with Crippen LogP contribution < -0.4 is 4.74 Å². The van der Waals surface area contributed by atoms with Crippen molar-refractivity contribution in [2.45, 2.75) is 31.6 Å². The minimum absolute atomic E-state index is 0.102. The molecule has 0 spiro atoms. The monoisotopic (exact) mass is 421 g/mol. The van der Waals surface area contributed by atoms with Gasteiger partial charge in [0.25, 0.3) is 0 Å². The van der Waals surface area contributed by atoms with E-state index in [0.29, 0.717) is 29.0 Å². The van der Waals surface area contributed by atoms with Crippen molar-refractivity contribution in [3.05, 3.63) is 76.7 Å². The molecule has 1 unspecified atom stereocenters. The van der Waals surface area contributed by atoms with E-state index in [-0.39, 0.29) is 18.1 Å². The lowest BCUT2D eigenvalue weighted by Crippen LogP contribution is -2.38. The number of ether oxygens (including phenoxy) is 2. The molecule has 1 aliphatic heterocycles. The molecule has 0 aromatic heterocycles. The number of methoxy groups -OCH3 is 2. The Hall–Kier alpha value is -3.28. The number of carbonyl (C=O) groups excluding carboxylic acids is 2. The van der Waals surface area contributed by atoms with Gasteiger partial charge in [-0.05, 0) is 36.6 Å². The van der Waals surface area contributed by atoms with Gasteiger partial charge < -0.3 is 9.47 Å². The zero-order chi connectivity index (χ0) is 22.1. The van der Waals surface area contributed by atoms with Gasteiger partial charge in [0.15, 0.2) is 5.78 Å². The van der Waals surface area contributed by atoms with Crippen LogP contribution in [0, 0.1) is 11.7 Å². The molecule has 4 rings (SSSR count). The van der Waals surface area contributed by atoms with Crippen molar-refractivity contribution in [3.8, 4) is 5.75 Å². The molecule has 0 amide bonds. The summed E-state index contributed by atoms with van der Waals surface area (Å²) in [6, 6.07) is 13.9. The van der Waals surface area contributed by atoms with Gasteiger partial charge in [-0.15, -0.1) is 0 Å². The van der Waals surface area contributed by atoms with Gasteiger partial charge in [-0.3, -0.25) is 14.6 Å². The smallest absolute Gasteiger partial charge is 0.315 e. The predicted octanol–water partition coefficient (Wildman–Crippen LogP) is 4.58. The van der Waals surface area contributed by atoms with Gasteiger partial charge >= 0.3 is 5.97 Å². The molecule has 0 saturated carbocycles. The number of benzene rings is 2. The third-order valence-electron chi connectivity index (χ3n) is 6.16. The summed E-state index contributed by atoms with van der Waals surface area (Å²) in [7, 11) is 2.89. The van der Waals surface area contributed by atoms with Crippen molar-refractivity contribution in [2.24, 2.45) is 10.9 Å². The maximum atomic E-state index is 14.8. The van der Waals surface area contributed by atoms with Crippen molar-refractivity contribution in [1.29, 1.82) is 0 Å². The average Bonchev–Trinajstić information content (AvgIpc) is 2.78. The van der Waals surface area contributed by atoms with Crippen LogP contribution in [0.25, 0.3) is 0 Å². The van der Waals surface area contributed by atoms with Crippen molar-refractivity contribution in [1.82, 2.24) is 0 Å². The second-order valence-electron chi connectivity index (χ2n) is 7.88. The molecular formula is C25H24FNO4. The zero-order valence-electron chi connectivity index (χ0n) is 17.7. The Bertz CT molecular complexity index is 1100. The lowest BCUT2D eigenvalue weighted by atomic mass is 9.69. The minimum atomic E-state index is -0.840. The van der Waals surface area contributed by atoms with E-state index >= 15 is 0 Å². The molecule has 160 valence electrons. The zero-order valence-corrected chi connectivity index (χ0v) is 17.7. The Morgan fingerprint density at radius 1 is 1.03 bits per heavy atom. The Morgan fingerprint density at radius 2 is 1.71 bits per heavy atom. The maximum Gasteiger partial charge on any atom is 0.315 e. The summed E-state index contributed by atoms with van der Waals surface area (Å²) in [4.78, 5) is 30.7. The summed E-state index contributed by atoms with van der Waals surface area (Å²) in [6.45, 7) is 1.73. The number of aliphatic imine (C=N–C) groups is 1. The van der Waals surface area contributed by atoms with E-state index < -0.39 is 23.6 Å². The van der Waals surface area contributed by atoms with E-state index in [2.05, 4.69) is 4.99 Å². The van der Waals surface area contributed by atoms with Crippen molar-refractivity contribution < 1.29 is 23.5 Å². The van der Waals surface area contributed by atoms with Gasteiger partial charge in [0.2, 0.25) is 0 Å². The van der Waals surface area contributed by atoms with Gasteiger partial charge in [0.1, 0.15) is 17.5 Å². The van der Waals surface area contributed by atoms with Crippen LogP contribution in [0.3, 0.4) is 0 Å². The summed E-state index contributed by atoms with van der Waals surface area (Å²) >= 11 is 0. The fourth-order valence-electron chi connectivity index (χ4n) is 4.78. The number of nitrogens with zero attached hydrogens (tertiary/aromatic N) is 1. The number of carbonyl (C=O) groups is 2. The van der Waals surface area contributed by atoms with E-state index in [1.807, 2.05) is 24.3 Å². The molecule has 0 fully saturated rings. The molecule has 0 N–H and O–H groups in total. The number of rotatable bonds is 4. The Morgan fingerprint density at radius 3 is 2.39 bits per heavy atom. The molecule has 2 aromatic carbocycles. The molecule has 2 aromatic rings. The van der Waals surface area contributed by atoms with Gasteiger partial charge in [-0.2, -0.15) is 0 Å². The number of ketones is 1. The third kappa shape index (κ3) is 3.67. The molecule has 31 heavy (non-hydrogen) atoms. The highest BCUT2D eigenvalue weighted by Gasteiger charge is 2.45. The first-order valence-corrected chi connectivity index (χ1v) is 10.2. The topological polar surface area (TPSA) is 65.0 Å². The van der Waals surface area contributed by atoms with Crippen LogP contribution in [0.15, 0.2) is 64.8 Å². The largest absolute Gasteiger partial charge is 0.496 e. The summed E-state index contributed by atoms with van der Waals surface area (Å²) in [6.07, 6.45) is 0.754. The van der Waals surface area contributed by atoms with Gasteiger partial charge in [0, 0.05) is 35.2 Å². The molecule has 1 aliphatic carbocycles.